The number of sulfonamides is 1. The zero-order chi connectivity index (χ0) is 18.0. The standard InChI is InChI=1S/C15H23FN2O4S2/c1-23(19,20)15-8-7-12(9-13(15)16)24(21,22)18-14(10-17)11-5-3-2-4-6-11/h7-9,11,14,18H,2-6,10,17H2,1H3. The average molecular weight is 378 g/mol. The lowest BCUT2D eigenvalue weighted by Gasteiger charge is -2.29. The molecule has 0 amide bonds. The summed E-state index contributed by atoms with van der Waals surface area (Å²) >= 11 is 0. The molecule has 1 aromatic carbocycles. The lowest BCUT2D eigenvalue weighted by atomic mass is 9.84. The highest BCUT2D eigenvalue weighted by molar-refractivity contribution is 7.90. The third-order valence-electron chi connectivity index (χ3n) is 4.39. The van der Waals surface area contributed by atoms with Gasteiger partial charge in [-0.1, -0.05) is 19.3 Å². The van der Waals surface area contributed by atoms with Crippen molar-refractivity contribution >= 4 is 19.9 Å². The average Bonchev–Trinajstić information content (AvgIpc) is 2.52. The molecule has 9 heteroatoms. The maximum atomic E-state index is 14.0. The molecule has 1 saturated carbocycles. The van der Waals surface area contributed by atoms with E-state index in [1.807, 2.05) is 0 Å². The molecule has 2 rings (SSSR count). The first-order valence-electron chi connectivity index (χ1n) is 7.87. The van der Waals surface area contributed by atoms with Gasteiger partial charge in [0.15, 0.2) is 9.84 Å². The molecule has 0 bridgehead atoms. The Labute approximate surface area is 142 Å². The highest BCUT2D eigenvalue weighted by Crippen LogP contribution is 2.27. The normalized spacial score (nSPS) is 18.5. The summed E-state index contributed by atoms with van der Waals surface area (Å²) in [6.07, 6.45) is 5.91. The molecule has 1 aromatic rings. The minimum Gasteiger partial charge on any atom is -0.329 e. The van der Waals surface area contributed by atoms with Crippen LogP contribution in [0.5, 0.6) is 0 Å². The lowest BCUT2D eigenvalue weighted by molar-refractivity contribution is 0.294. The first kappa shape index (κ1) is 19.3. The Kier molecular flexibility index (Phi) is 6.00. The van der Waals surface area contributed by atoms with Gasteiger partial charge >= 0.3 is 0 Å². The molecule has 0 aromatic heterocycles. The van der Waals surface area contributed by atoms with E-state index in [-0.39, 0.29) is 17.4 Å². The van der Waals surface area contributed by atoms with E-state index in [0.717, 1.165) is 56.6 Å². The fourth-order valence-corrected chi connectivity index (χ4v) is 5.15. The predicted molar refractivity (Wildman–Crippen MR) is 89.2 cm³/mol. The van der Waals surface area contributed by atoms with Gasteiger partial charge < -0.3 is 5.73 Å². The molecular formula is C15H23FN2O4S2. The summed E-state index contributed by atoms with van der Waals surface area (Å²) < 4.78 is 64.3. The van der Waals surface area contributed by atoms with Crippen LogP contribution in [0, 0.1) is 11.7 Å². The number of hydrogen-bond donors (Lipinski definition) is 2. The molecule has 24 heavy (non-hydrogen) atoms. The Bertz CT molecular complexity index is 788. The Hall–Kier alpha value is -1.03. The summed E-state index contributed by atoms with van der Waals surface area (Å²) in [5, 5.41) is 0. The molecule has 1 aliphatic carbocycles. The Morgan fingerprint density at radius 2 is 1.83 bits per heavy atom. The summed E-state index contributed by atoms with van der Waals surface area (Å²) in [6, 6.07) is 2.38. The van der Waals surface area contributed by atoms with Crippen LogP contribution in [-0.2, 0) is 19.9 Å². The molecule has 1 unspecified atom stereocenters. The fourth-order valence-electron chi connectivity index (χ4n) is 3.09. The van der Waals surface area contributed by atoms with Gasteiger partial charge in [0.05, 0.1) is 4.90 Å². The van der Waals surface area contributed by atoms with E-state index in [2.05, 4.69) is 4.72 Å². The van der Waals surface area contributed by atoms with E-state index < -0.39 is 36.6 Å². The highest BCUT2D eigenvalue weighted by Gasteiger charge is 2.28. The monoisotopic (exact) mass is 378 g/mol. The van der Waals surface area contributed by atoms with Crippen molar-refractivity contribution in [3.63, 3.8) is 0 Å². The van der Waals surface area contributed by atoms with Crippen molar-refractivity contribution in [3.05, 3.63) is 24.0 Å². The number of hydrogen-bond acceptors (Lipinski definition) is 5. The van der Waals surface area contributed by atoms with E-state index in [1.54, 1.807) is 0 Å². The van der Waals surface area contributed by atoms with Crippen LogP contribution in [0.25, 0.3) is 0 Å². The van der Waals surface area contributed by atoms with Crippen molar-refractivity contribution in [2.24, 2.45) is 11.7 Å². The number of nitrogens with two attached hydrogens (primary N) is 1. The van der Waals surface area contributed by atoms with Crippen LogP contribution >= 0.6 is 0 Å². The highest BCUT2D eigenvalue weighted by atomic mass is 32.2. The molecule has 1 fully saturated rings. The molecule has 1 atom stereocenters. The van der Waals surface area contributed by atoms with Crippen molar-refractivity contribution in [1.29, 1.82) is 0 Å². The Balaban J connectivity index is 2.24. The summed E-state index contributed by atoms with van der Waals surface area (Å²) in [5.74, 6) is -0.916. The van der Waals surface area contributed by atoms with Gasteiger partial charge in [-0.25, -0.2) is 25.9 Å². The SMILES string of the molecule is CS(=O)(=O)c1ccc(S(=O)(=O)NC(CN)C2CCCCC2)cc1F. The second-order valence-electron chi connectivity index (χ2n) is 6.23. The minimum atomic E-state index is -3.97. The van der Waals surface area contributed by atoms with Crippen molar-refractivity contribution in [3.8, 4) is 0 Å². The Morgan fingerprint density at radius 1 is 1.21 bits per heavy atom. The van der Waals surface area contributed by atoms with E-state index in [1.165, 1.54) is 0 Å². The minimum absolute atomic E-state index is 0.161. The molecule has 1 aliphatic rings. The summed E-state index contributed by atoms with van der Waals surface area (Å²) in [4.78, 5) is -0.828. The van der Waals surface area contributed by atoms with Crippen LogP contribution in [0.15, 0.2) is 28.0 Å². The first-order valence-corrected chi connectivity index (χ1v) is 11.2. The van der Waals surface area contributed by atoms with Gasteiger partial charge in [0.1, 0.15) is 10.7 Å². The van der Waals surface area contributed by atoms with Crippen molar-refractivity contribution in [2.45, 2.75) is 47.9 Å². The predicted octanol–water partition coefficient (Wildman–Crippen LogP) is 1.42. The van der Waals surface area contributed by atoms with Crippen molar-refractivity contribution < 1.29 is 21.2 Å². The van der Waals surface area contributed by atoms with Gasteiger partial charge in [0, 0.05) is 18.8 Å². The smallest absolute Gasteiger partial charge is 0.240 e. The fraction of sp³-hybridized carbons (Fsp3) is 0.600. The van der Waals surface area contributed by atoms with Crippen LogP contribution in [0.2, 0.25) is 0 Å². The number of sulfone groups is 1. The van der Waals surface area contributed by atoms with Gasteiger partial charge in [-0.15, -0.1) is 0 Å². The quantitative estimate of drug-likeness (QED) is 0.778. The number of halogens is 1. The molecule has 3 N–H and O–H groups in total. The van der Waals surface area contributed by atoms with Gasteiger partial charge in [-0.05, 0) is 37.0 Å². The van der Waals surface area contributed by atoms with Crippen LogP contribution in [0.1, 0.15) is 32.1 Å². The van der Waals surface area contributed by atoms with Gasteiger partial charge in [0.2, 0.25) is 10.0 Å². The number of nitrogens with one attached hydrogen (secondary N) is 1. The molecule has 0 spiro atoms. The molecular weight excluding hydrogens is 355 g/mol. The van der Waals surface area contributed by atoms with Crippen LogP contribution in [0.3, 0.4) is 0 Å². The van der Waals surface area contributed by atoms with Crippen LogP contribution < -0.4 is 10.5 Å². The second kappa shape index (κ2) is 7.47. The van der Waals surface area contributed by atoms with E-state index in [4.69, 9.17) is 5.73 Å². The third-order valence-corrected chi connectivity index (χ3v) is 7.01. The van der Waals surface area contributed by atoms with Crippen LogP contribution in [-0.4, -0.2) is 35.7 Å². The zero-order valence-corrected chi connectivity index (χ0v) is 15.2. The largest absolute Gasteiger partial charge is 0.329 e. The van der Waals surface area contributed by atoms with E-state index >= 15 is 0 Å². The summed E-state index contributed by atoms with van der Waals surface area (Å²) in [7, 11) is -7.72. The molecule has 0 heterocycles. The molecule has 6 nitrogen and oxygen atoms in total. The summed E-state index contributed by atoms with van der Waals surface area (Å²) in [5.41, 5.74) is 5.72. The molecule has 0 saturated heterocycles. The number of rotatable bonds is 6. The second-order valence-corrected chi connectivity index (χ2v) is 9.92. The summed E-state index contributed by atoms with van der Waals surface area (Å²) in [6.45, 7) is 0.161. The van der Waals surface area contributed by atoms with Gasteiger partial charge in [-0.2, -0.15) is 0 Å². The topological polar surface area (TPSA) is 106 Å². The first-order chi connectivity index (χ1) is 11.1. The third kappa shape index (κ3) is 4.53. The zero-order valence-electron chi connectivity index (χ0n) is 13.5. The lowest BCUT2D eigenvalue weighted by Crippen LogP contribution is -2.45. The van der Waals surface area contributed by atoms with Gasteiger partial charge in [-0.3, -0.25) is 0 Å². The molecule has 136 valence electrons. The van der Waals surface area contributed by atoms with E-state index in [9.17, 15) is 21.2 Å². The van der Waals surface area contributed by atoms with Crippen LogP contribution in [0.4, 0.5) is 4.39 Å². The van der Waals surface area contributed by atoms with Gasteiger partial charge in [0.25, 0.3) is 0 Å². The maximum absolute atomic E-state index is 14.0. The maximum Gasteiger partial charge on any atom is 0.240 e. The van der Waals surface area contributed by atoms with Crippen molar-refractivity contribution in [1.82, 2.24) is 4.72 Å². The molecule has 0 radical (unpaired) electrons. The Morgan fingerprint density at radius 3 is 2.33 bits per heavy atom. The number of benzene rings is 1. The van der Waals surface area contributed by atoms with E-state index in [0.29, 0.717) is 0 Å². The van der Waals surface area contributed by atoms with Crippen molar-refractivity contribution in [2.75, 3.05) is 12.8 Å². The molecule has 0 aliphatic heterocycles.